The van der Waals surface area contributed by atoms with Gasteiger partial charge in [-0.05, 0) is 6.92 Å². The summed E-state index contributed by atoms with van der Waals surface area (Å²) in [4.78, 5) is 9.89. The SMILES string of the molecule is C[C@@](N)(CF)C(=O)O. The lowest BCUT2D eigenvalue weighted by Crippen LogP contribution is -2.46. The monoisotopic (exact) mass is 121 g/mol. The molecule has 0 spiro atoms. The van der Waals surface area contributed by atoms with E-state index in [0.717, 1.165) is 6.92 Å². The Hall–Kier alpha value is -0.640. The maximum atomic E-state index is 11.5. The van der Waals surface area contributed by atoms with Gasteiger partial charge in [0.25, 0.3) is 0 Å². The molecule has 8 heavy (non-hydrogen) atoms. The molecular formula is C4H8FNO2. The van der Waals surface area contributed by atoms with Gasteiger partial charge in [0, 0.05) is 0 Å². The van der Waals surface area contributed by atoms with Gasteiger partial charge >= 0.3 is 5.97 Å². The molecule has 0 aromatic carbocycles. The molecule has 0 aromatic rings. The Morgan fingerprint density at radius 2 is 2.38 bits per heavy atom. The van der Waals surface area contributed by atoms with Crippen LogP contribution in [0.1, 0.15) is 6.92 Å². The quantitative estimate of drug-likeness (QED) is 0.529. The van der Waals surface area contributed by atoms with Gasteiger partial charge in [0.2, 0.25) is 0 Å². The van der Waals surface area contributed by atoms with E-state index in [1.54, 1.807) is 0 Å². The second-order valence-electron chi connectivity index (χ2n) is 1.86. The summed E-state index contributed by atoms with van der Waals surface area (Å²) in [5.41, 5.74) is 3.18. The van der Waals surface area contributed by atoms with Crippen LogP contribution in [0.15, 0.2) is 0 Å². The predicted molar refractivity (Wildman–Crippen MR) is 26.2 cm³/mol. The number of alkyl halides is 1. The van der Waals surface area contributed by atoms with Crippen LogP contribution in [0.25, 0.3) is 0 Å². The molecule has 0 aliphatic carbocycles. The second kappa shape index (κ2) is 2.09. The molecular weight excluding hydrogens is 113 g/mol. The fourth-order valence-electron chi connectivity index (χ4n) is 0.0572. The summed E-state index contributed by atoms with van der Waals surface area (Å²) < 4.78 is 11.5. The van der Waals surface area contributed by atoms with Crippen molar-refractivity contribution >= 4 is 5.97 Å². The molecule has 4 heteroatoms. The zero-order valence-electron chi connectivity index (χ0n) is 4.52. The summed E-state index contributed by atoms with van der Waals surface area (Å²) in [6, 6.07) is 0. The van der Waals surface area contributed by atoms with E-state index in [-0.39, 0.29) is 0 Å². The van der Waals surface area contributed by atoms with Crippen LogP contribution >= 0.6 is 0 Å². The van der Waals surface area contributed by atoms with Crippen molar-refractivity contribution < 1.29 is 14.3 Å². The highest BCUT2D eigenvalue weighted by Gasteiger charge is 2.27. The third-order valence-corrected chi connectivity index (χ3v) is 0.766. The Bertz CT molecular complexity index is 102. The number of carboxylic acids is 1. The minimum atomic E-state index is -1.71. The van der Waals surface area contributed by atoms with Crippen LogP contribution in [0.4, 0.5) is 4.39 Å². The molecule has 3 N–H and O–H groups in total. The lowest BCUT2D eigenvalue weighted by Gasteiger charge is -2.12. The molecule has 0 aliphatic rings. The maximum Gasteiger partial charge on any atom is 0.326 e. The molecule has 0 amide bonds. The van der Waals surface area contributed by atoms with Gasteiger partial charge in [-0.3, -0.25) is 4.79 Å². The Balaban J connectivity index is 3.91. The highest BCUT2D eigenvalue weighted by atomic mass is 19.1. The minimum Gasteiger partial charge on any atom is -0.480 e. The average molecular weight is 121 g/mol. The van der Waals surface area contributed by atoms with Crippen molar-refractivity contribution in [1.29, 1.82) is 0 Å². The van der Waals surface area contributed by atoms with Crippen LogP contribution in [-0.2, 0) is 4.79 Å². The van der Waals surface area contributed by atoms with Crippen LogP contribution < -0.4 is 5.73 Å². The number of hydrogen-bond donors (Lipinski definition) is 2. The Morgan fingerprint density at radius 3 is 2.38 bits per heavy atom. The van der Waals surface area contributed by atoms with Crippen molar-refractivity contribution in [1.82, 2.24) is 0 Å². The third-order valence-electron chi connectivity index (χ3n) is 0.766. The fourth-order valence-corrected chi connectivity index (χ4v) is 0.0572. The topological polar surface area (TPSA) is 63.3 Å². The van der Waals surface area contributed by atoms with Crippen molar-refractivity contribution in [2.24, 2.45) is 5.73 Å². The van der Waals surface area contributed by atoms with Gasteiger partial charge in [-0.2, -0.15) is 0 Å². The number of hydrogen-bond acceptors (Lipinski definition) is 2. The summed E-state index contributed by atoms with van der Waals surface area (Å²) in [6.07, 6.45) is 0. The van der Waals surface area contributed by atoms with E-state index < -0.39 is 18.2 Å². The molecule has 0 heterocycles. The van der Waals surface area contributed by atoms with E-state index in [4.69, 9.17) is 10.8 Å². The summed E-state index contributed by atoms with van der Waals surface area (Å²) in [6.45, 7) is 0.0810. The van der Waals surface area contributed by atoms with Gasteiger partial charge in [-0.15, -0.1) is 0 Å². The molecule has 1 atom stereocenters. The van der Waals surface area contributed by atoms with E-state index >= 15 is 0 Å². The smallest absolute Gasteiger partial charge is 0.326 e. The molecule has 0 rings (SSSR count). The van der Waals surface area contributed by atoms with Crippen molar-refractivity contribution in [3.63, 3.8) is 0 Å². The van der Waals surface area contributed by atoms with Crippen molar-refractivity contribution in [3.05, 3.63) is 0 Å². The van der Waals surface area contributed by atoms with Crippen LogP contribution in [0.5, 0.6) is 0 Å². The van der Waals surface area contributed by atoms with E-state index in [1.165, 1.54) is 0 Å². The highest BCUT2D eigenvalue weighted by molar-refractivity contribution is 5.77. The minimum absolute atomic E-state index is 1.04. The van der Waals surface area contributed by atoms with Crippen LogP contribution in [0.2, 0.25) is 0 Å². The first-order valence-electron chi connectivity index (χ1n) is 2.09. The lowest BCUT2D eigenvalue weighted by atomic mass is 10.1. The maximum absolute atomic E-state index is 11.5. The van der Waals surface area contributed by atoms with Gasteiger partial charge in [-0.25, -0.2) is 4.39 Å². The molecule has 0 saturated carbocycles. The molecule has 0 aliphatic heterocycles. The van der Waals surface area contributed by atoms with E-state index in [0.29, 0.717) is 0 Å². The van der Waals surface area contributed by atoms with E-state index in [2.05, 4.69) is 0 Å². The molecule has 0 saturated heterocycles. The normalized spacial score (nSPS) is 17.4. The fraction of sp³-hybridized carbons (Fsp3) is 0.750. The Morgan fingerprint density at radius 1 is 2.00 bits per heavy atom. The third kappa shape index (κ3) is 1.46. The summed E-state index contributed by atoms with van der Waals surface area (Å²) in [5, 5.41) is 8.08. The Kier molecular flexibility index (Phi) is 1.92. The van der Waals surface area contributed by atoms with Crippen molar-refractivity contribution in [2.75, 3.05) is 6.67 Å². The van der Waals surface area contributed by atoms with E-state index in [1.807, 2.05) is 0 Å². The first-order valence-corrected chi connectivity index (χ1v) is 2.09. The van der Waals surface area contributed by atoms with Gasteiger partial charge in [0.05, 0.1) is 0 Å². The molecule has 0 radical (unpaired) electrons. The lowest BCUT2D eigenvalue weighted by molar-refractivity contribution is -0.143. The zero-order chi connectivity index (χ0) is 6.78. The van der Waals surface area contributed by atoms with E-state index in [9.17, 15) is 9.18 Å². The van der Waals surface area contributed by atoms with Crippen LogP contribution in [0, 0.1) is 0 Å². The number of nitrogens with two attached hydrogens (primary N) is 1. The summed E-state index contributed by atoms with van der Waals surface area (Å²) >= 11 is 0. The molecule has 0 aromatic heterocycles. The number of rotatable bonds is 2. The van der Waals surface area contributed by atoms with Gasteiger partial charge in [0.1, 0.15) is 12.2 Å². The highest BCUT2D eigenvalue weighted by Crippen LogP contribution is 1.97. The standard InChI is InChI=1S/C4H8FNO2/c1-4(6,2-5)3(7)8/h2,6H2,1H3,(H,7,8)/t4-/m1/s1. The predicted octanol–water partition coefficient (Wildman–Crippen LogP) is -0.242. The number of aliphatic carboxylic acids is 1. The molecule has 0 bridgehead atoms. The first-order chi connectivity index (χ1) is 3.50. The van der Waals surface area contributed by atoms with Crippen LogP contribution in [0.3, 0.4) is 0 Å². The largest absolute Gasteiger partial charge is 0.480 e. The summed E-state index contributed by atoms with van der Waals surface area (Å²) in [7, 11) is 0. The molecule has 0 unspecified atom stereocenters. The second-order valence-corrected chi connectivity index (χ2v) is 1.86. The molecule has 3 nitrogen and oxygen atoms in total. The van der Waals surface area contributed by atoms with Gasteiger partial charge in [-0.1, -0.05) is 0 Å². The average Bonchev–Trinajstić information content (AvgIpc) is 1.67. The number of halogens is 1. The van der Waals surface area contributed by atoms with Crippen molar-refractivity contribution in [2.45, 2.75) is 12.5 Å². The Labute approximate surface area is 46.3 Å². The van der Waals surface area contributed by atoms with Crippen LogP contribution in [-0.4, -0.2) is 23.3 Å². The van der Waals surface area contributed by atoms with Crippen molar-refractivity contribution in [3.8, 4) is 0 Å². The molecule has 48 valence electrons. The van der Waals surface area contributed by atoms with Gasteiger partial charge < -0.3 is 10.8 Å². The molecule has 0 fully saturated rings. The van der Waals surface area contributed by atoms with Gasteiger partial charge in [0.15, 0.2) is 0 Å². The number of carbonyl (C=O) groups is 1. The summed E-state index contributed by atoms with van der Waals surface area (Å²) in [5.74, 6) is -1.32. The number of carboxylic acid groups (broad SMARTS) is 1. The zero-order valence-corrected chi connectivity index (χ0v) is 4.52. The first kappa shape index (κ1) is 7.36.